The summed E-state index contributed by atoms with van der Waals surface area (Å²) in [5.74, 6) is 1.16. The Morgan fingerprint density at radius 1 is 1.32 bits per heavy atom. The van der Waals surface area contributed by atoms with Crippen LogP contribution < -0.4 is 10.1 Å². The number of methoxy groups -OCH3 is 1. The Bertz CT molecular complexity index is 796. The fourth-order valence-corrected chi connectivity index (χ4v) is 2.58. The SMILES string of the molecule is COc1ccc(Br)c(C(=O)NCc2nc3ccccc3[nH]2)c1. The third-order valence-corrected chi connectivity index (χ3v) is 3.96. The van der Waals surface area contributed by atoms with Gasteiger partial charge in [-0.2, -0.15) is 0 Å². The number of hydrogen-bond acceptors (Lipinski definition) is 3. The first kappa shape index (κ1) is 14.6. The largest absolute Gasteiger partial charge is 0.497 e. The van der Waals surface area contributed by atoms with Gasteiger partial charge in [-0.15, -0.1) is 0 Å². The second kappa shape index (κ2) is 6.19. The maximum Gasteiger partial charge on any atom is 0.252 e. The molecule has 0 saturated carbocycles. The molecule has 3 aromatic rings. The second-order valence-corrected chi connectivity index (χ2v) is 5.58. The van der Waals surface area contributed by atoms with Crippen LogP contribution in [0.5, 0.6) is 5.75 Å². The summed E-state index contributed by atoms with van der Waals surface area (Å²) in [4.78, 5) is 19.9. The number of H-pyrrole nitrogens is 1. The molecular weight excluding hydrogens is 346 g/mol. The molecule has 1 heterocycles. The Balaban J connectivity index is 1.74. The molecule has 0 aliphatic carbocycles. The van der Waals surface area contributed by atoms with Crippen molar-refractivity contribution in [2.24, 2.45) is 0 Å². The molecule has 0 aliphatic heterocycles. The lowest BCUT2D eigenvalue weighted by Gasteiger charge is -2.07. The van der Waals surface area contributed by atoms with E-state index in [4.69, 9.17) is 4.74 Å². The summed E-state index contributed by atoms with van der Waals surface area (Å²) >= 11 is 3.37. The molecule has 3 rings (SSSR count). The van der Waals surface area contributed by atoms with Gasteiger partial charge in [0.15, 0.2) is 0 Å². The van der Waals surface area contributed by atoms with Gasteiger partial charge in [-0.05, 0) is 46.3 Å². The number of carbonyl (C=O) groups is 1. The molecule has 22 heavy (non-hydrogen) atoms. The van der Waals surface area contributed by atoms with Crippen molar-refractivity contribution in [1.82, 2.24) is 15.3 Å². The average molecular weight is 360 g/mol. The number of aromatic nitrogens is 2. The van der Waals surface area contributed by atoms with Crippen LogP contribution in [0.1, 0.15) is 16.2 Å². The van der Waals surface area contributed by atoms with E-state index in [0.717, 1.165) is 15.5 Å². The summed E-state index contributed by atoms with van der Waals surface area (Å²) in [5, 5.41) is 2.85. The van der Waals surface area contributed by atoms with E-state index < -0.39 is 0 Å². The zero-order chi connectivity index (χ0) is 15.5. The molecule has 112 valence electrons. The van der Waals surface area contributed by atoms with Crippen molar-refractivity contribution in [3.05, 3.63) is 58.3 Å². The first-order chi connectivity index (χ1) is 10.7. The highest BCUT2D eigenvalue weighted by Crippen LogP contribution is 2.22. The second-order valence-electron chi connectivity index (χ2n) is 4.73. The van der Waals surface area contributed by atoms with E-state index in [1.807, 2.05) is 24.3 Å². The van der Waals surface area contributed by atoms with Gasteiger partial charge < -0.3 is 15.0 Å². The predicted molar refractivity (Wildman–Crippen MR) is 88.0 cm³/mol. The molecular formula is C16H14BrN3O2. The van der Waals surface area contributed by atoms with Crippen molar-refractivity contribution in [3.8, 4) is 5.75 Å². The van der Waals surface area contributed by atoms with Gasteiger partial charge >= 0.3 is 0 Å². The van der Waals surface area contributed by atoms with E-state index in [0.29, 0.717) is 23.7 Å². The summed E-state index contributed by atoms with van der Waals surface area (Å²) < 4.78 is 5.86. The molecule has 5 nitrogen and oxygen atoms in total. The molecule has 0 atom stereocenters. The van der Waals surface area contributed by atoms with Crippen LogP contribution in [0, 0.1) is 0 Å². The number of ether oxygens (including phenoxy) is 1. The van der Waals surface area contributed by atoms with Gasteiger partial charge in [-0.1, -0.05) is 12.1 Å². The van der Waals surface area contributed by atoms with Gasteiger partial charge in [0.1, 0.15) is 11.6 Å². The lowest BCUT2D eigenvalue weighted by atomic mass is 10.2. The van der Waals surface area contributed by atoms with Crippen molar-refractivity contribution in [3.63, 3.8) is 0 Å². The minimum Gasteiger partial charge on any atom is -0.497 e. The molecule has 6 heteroatoms. The number of rotatable bonds is 4. The summed E-state index contributed by atoms with van der Waals surface area (Å²) in [6, 6.07) is 13.0. The van der Waals surface area contributed by atoms with Gasteiger partial charge in [-0.25, -0.2) is 4.98 Å². The Hall–Kier alpha value is -2.34. The third-order valence-electron chi connectivity index (χ3n) is 3.27. The van der Waals surface area contributed by atoms with Gasteiger partial charge in [0.05, 0.1) is 30.3 Å². The monoisotopic (exact) mass is 359 g/mol. The van der Waals surface area contributed by atoms with Crippen LogP contribution in [-0.4, -0.2) is 23.0 Å². The van der Waals surface area contributed by atoms with Crippen LogP contribution in [-0.2, 0) is 6.54 Å². The van der Waals surface area contributed by atoms with Gasteiger partial charge in [-0.3, -0.25) is 4.79 Å². The van der Waals surface area contributed by atoms with Crippen molar-refractivity contribution in [2.45, 2.75) is 6.54 Å². The topological polar surface area (TPSA) is 67.0 Å². The fraction of sp³-hybridized carbons (Fsp3) is 0.125. The van der Waals surface area contributed by atoms with Crippen molar-refractivity contribution in [1.29, 1.82) is 0 Å². The van der Waals surface area contributed by atoms with E-state index >= 15 is 0 Å². The molecule has 0 fully saturated rings. The van der Waals surface area contributed by atoms with E-state index in [2.05, 4.69) is 31.2 Å². The zero-order valence-electron chi connectivity index (χ0n) is 11.9. The van der Waals surface area contributed by atoms with Gasteiger partial charge in [0.25, 0.3) is 5.91 Å². The van der Waals surface area contributed by atoms with Crippen LogP contribution in [0.15, 0.2) is 46.9 Å². The Morgan fingerprint density at radius 2 is 2.14 bits per heavy atom. The van der Waals surface area contributed by atoms with E-state index in [1.54, 1.807) is 25.3 Å². The van der Waals surface area contributed by atoms with Crippen molar-refractivity contribution < 1.29 is 9.53 Å². The smallest absolute Gasteiger partial charge is 0.252 e. The first-order valence-electron chi connectivity index (χ1n) is 6.73. The lowest BCUT2D eigenvalue weighted by molar-refractivity contribution is 0.0949. The Labute approximate surface area is 135 Å². The fourth-order valence-electron chi connectivity index (χ4n) is 2.15. The molecule has 1 aromatic heterocycles. The van der Waals surface area contributed by atoms with Crippen LogP contribution >= 0.6 is 15.9 Å². The van der Waals surface area contributed by atoms with Crippen molar-refractivity contribution >= 4 is 32.9 Å². The summed E-state index contributed by atoms with van der Waals surface area (Å²) in [5.41, 5.74) is 2.36. The van der Waals surface area contributed by atoms with Crippen LogP contribution in [0.25, 0.3) is 11.0 Å². The number of imidazole rings is 1. The number of benzene rings is 2. The minimum absolute atomic E-state index is 0.189. The highest BCUT2D eigenvalue weighted by Gasteiger charge is 2.12. The number of carbonyl (C=O) groups excluding carboxylic acids is 1. The highest BCUT2D eigenvalue weighted by molar-refractivity contribution is 9.10. The molecule has 0 spiro atoms. The van der Waals surface area contributed by atoms with E-state index in [1.165, 1.54) is 0 Å². The number of nitrogens with zero attached hydrogens (tertiary/aromatic N) is 1. The molecule has 2 N–H and O–H groups in total. The number of hydrogen-bond donors (Lipinski definition) is 2. The quantitative estimate of drug-likeness (QED) is 0.751. The number of nitrogens with one attached hydrogen (secondary N) is 2. The number of para-hydroxylation sites is 2. The standard InChI is InChI=1S/C16H14BrN3O2/c1-22-10-6-7-12(17)11(8-10)16(21)18-9-15-19-13-4-2-3-5-14(13)20-15/h2-8H,9H2,1H3,(H,18,21)(H,19,20). The Kier molecular flexibility index (Phi) is 4.11. The maximum atomic E-state index is 12.3. The molecule has 0 unspecified atom stereocenters. The molecule has 2 aromatic carbocycles. The number of aromatic amines is 1. The maximum absolute atomic E-state index is 12.3. The molecule has 0 saturated heterocycles. The Morgan fingerprint density at radius 3 is 2.91 bits per heavy atom. The van der Waals surface area contributed by atoms with Crippen molar-refractivity contribution in [2.75, 3.05) is 7.11 Å². The summed E-state index contributed by atoms with van der Waals surface area (Å²) in [6.07, 6.45) is 0. The molecule has 0 bridgehead atoms. The summed E-state index contributed by atoms with van der Waals surface area (Å²) in [6.45, 7) is 0.331. The third kappa shape index (κ3) is 2.96. The average Bonchev–Trinajstić information content (AvgIpc) is 2.96. The predicted octanol–water partition coefficient (Wildman–Crippen LogP) is 3.26. The van der Waals surface area contributed by atoms with Crippen LogP contribution in [0.2, 0.25) is 0 Å². The highest BCUT2D eigenvalue weighted by atomic mass is 79.9. The van der Waals surface area contributed by atoms with Crippen LogP contribution in [0.4, 0.5) is 0 Å². The van der Waals surface area contributed by atoms with Crippen LogP contribution in [0.3, 0.4) is 0 Å². The van der Waals surface area contributed by atoms with E-state index in [9.17, 15) is 4.79 Å². The minimum atomic E-state index is -0.189. The molecule has 0 radical (unpaired) electrons. The lowest BCUT2D eigenvalue weighted by Crippen LogP contribution is -2.23. The normalized spacial score (nSPS) is 10.6. The summed E-state index contributed by atoms with van der Waals surface area (Å²) in [7, 11) is 1.57. The molecule has 1 amide bonds. The number of amides is 1. The number of fused-ring (bicyclic) bond motifs is 1. The number of halogens is 1. The van der Waals surface area contributed by atoms with Gasteiger partial charge in [0, 0.05) is 4.47 Å². The molecule has 0 aliphatic rings. The van der Waals surface area contributed by atoms with Gasteiger partial charge in [0.2, 0.25) is 0 Å². The van der Waals surface area contributed by atoms with E-state index in [-0.39, 0.29) is 5.91 Å². The first-order valence-corrected chi connectivity index (χ1v) is 7.52. The zero-order valence-corrected chi connectivity index (χ0v) is 13.5.